The Morgan fingerprint density at radius 1 is 0.941 bits per heavy atom. The van der Waals surface area contributed by atoms with Crippen LogP contribution >= 0.6 is 42.4 Å². The van der Waals surface area contributed by atoms with Gasteiger partial charge in [0.25, 0.3) is 11.5 Å². The first-order chi connectivity index (χ1) is 39.7. The number of amides is 2. The molecule has 3 atom stereocenters. The van der Waals surface area contributed by atoms with Crippen molar-refractivity contribution in [2.45, 2.75) is 96.4 Å². The van der Waals surface area contributed by atoms with E-state index >= 15 is 0 Å². The van der Waals surface area contributed by atoms with E-state index in [1.165, 1.54) is 36.3 Å². The van der Waals surface area contributed by atoms with Crippen LogP contribution in [-0.4, -0.2) is 129 Å². The molecule has 3 N–H and O–H groups in total. The van der Waals surface area contributed by atoms with E-state index in [4.69, 9.17) is 72.9 Å². The van der Waals surface area contributed by atoms with Gasteiger partial charge in [0.15, 0.2) is 10.9 Å². The molecule has 472 valence electrons. The summed E-state index contributed by atoms with van der Waals surface area (Å²) < 4.78 is 82.6. The Bertz CT molecular complexity index is 3080. The number of methoxy groups -OCH3 is 2. The third-order valence-corrected chi connectivity index (χ3v) is 12.9. The molecule has 1 saturated heterocycles. The van der Waals surface area contributed by atoms with Crippen LogP contribution in [0.15, 0.2) is 99.1 Å². The van der Waals surface area contributed by atoms with Crippen LogP contribution in [0.25, 0.3) is 5.69 Å². The maximum Gasteiger partial charge on any atom is 0.431 e. The van der Waals surface area contributed by atoms with Gasteiger partial charge in [-0.3, -0.25) is 34.0 Å². The largest absolute Gasteiger partial charge is 0.778 e. The number of aliphatic carboxylic acids is 1. The van der Waals surface area contributed by atoms with Crippen molar-refractivity contribution in [3.05, 3.63) is 140 Å². The molecule has 1 fully saturated rings. The molecule has 3 unspecified atom stereocenters. The Morgan fingerprint density at radius 2 is 1.54 bits per heavy atom. The third-order valence-electron chi connectivity index (χ3n) is 11.7. The number of nitrogens with one attached hydrogen (secondary N) is 1. The molecule has 0 radical (unpaired) electrons. The maximum absolute atomic E-state index is 13.1. The fourth-order valence-electron chi connectivity index (χ4n) is 7.70. The highest BCUT2D eigenvalue weighted by atomic mass is 35.5. The van der Waals surface area contributed by atoms with Crippen LogP contribution in [0.3, 0.4) is 0 Å². The number of benzene rings is 3. The number of carbonyl (C=O) groups is 4. The molecule has 3 aromatic carbocycles. The number of carbonyl (C=O) groups excluding carboxylic acids is 3. The quantitative estimate of drug-likeness (QED) is 0.0219. The highest BCUT2D eigenvalue weighted by Crippen LogP contribution is 2.37. The lowest BCUT2D eigenvalue weighted by Crippen LogP contribution is -2.45. The standard InChI is InChI=1S/C25H25F3N2O6.C14H20ClNO2.C11H13Cl2NO3.C3H8NO5P.C3H9S/c1-5-16-6-7-17(20(12-16)36-15(2)23(32)34-4)14-35-19-10-8-18(9-11-19)30-22(31)13-21(25(26,27)28)29(3)24(30)33;1-4-11-7-6-8-12(5-2)14(11)16(10-18-3)13(17)9-15;1-11(2)14(10(15)9(12)13)6-8(17-11)7-4-3-5-16-7;5-3(6)1-4-2-10(7,8)9;1-4(2)3/h6-13,15H,5,14H2,1-4H3;6-8H,4-5,9-10H2,1-3H3;3-5,8-9H,6H2,1-2H3;4H,1-2H2,(H,5,6)(H2,7,8,9);1-3H3/q;;;;+1/p-1. The number of carboxylic acid groups (broad SMARTS) is 1. The molecule has 0 saturated carbocycles. The van der Waals surface area contributed by atoms with Crippen LogP contribution in [0, 0.1) is 0 Å². The molecule has 1 aliphatic heterocycles. The fourth-order valence-corrected chi connectivity index (χ4v) is 8.47. The van der Waals surface area contributed by atoms with E-state index in [1.54, 1.807) is 45.1 Å². The number of hydrogen-bond acceptors (Lipinski definition) is 15. The molecule has 2 amide bonds. The maximum atomic E-state index is 13.1. The van der Waals surface area contributed by atoms with Crippen LogP contribution in [0.4, 0.5) is 18.9 Å². The summed E-state index contributed by atoms with van der Waals surface area (Å²) in [5.74, 6) is -0.691. The Labute approximate surface area is 509 Å². The van der Waals surface area contributed by atoms with E-state index in [-0.39, 0.29) is 42.8 Å². The molecule has 85 heavy (non-hydrogen) atoms. The van der Waals surface area contributed by atoms with E-state index in [0.29, 0.717) is 55.5 Å². The van der Waals surface area contributed by atoms with Crippen LogP contribution < -0.4 is 35.8 Å². The number of carboxylic acids is 1. The summed E-state index contributed by atoms with van der Waals surface area (Å²) in [7, 11) is 0.0889. The Balaban J connectivity index is 0.000000420. The lowest BCUT2D eigenvalue weighted by molar-refractivity contribution is -0.193. The lowest BCUT2D eigenvalue weighted by Gasteiger charge is -2.29. The van der Waals surface area contributed by atoms with E-state index < -0.39 is 72.1 Å². The second kappa shape index (κ2) is 35.7. The molecule has 0 aliphatic carbocycles. The summed E-state index contributed by atoms with van der Waals surface area (Å²) in [6.45, 7) is 11.5. The van der Waals surface area contributed by atoms with Crippen molar-refractivity contribution in [1.82, 2.24) is 19.4 Å². The van der Waals surface area contributed by atoms with Crippen molar-refractivity contribution in [3.63, 3.8) is 0 Å². The predicted molar refractivity (Wildman–Crippen MR) is 319 cm³/mol. The molecular formula is C56H74Cl3F3N5O16PS. The summed E-state index contributed by atoms with van der Waals surface area (Å²) in [6.07, 6.45) is 4.00. The third kappa shape index (κ3) is 24.4. The van der Waals surface area contributed by atoms with Crippen molar-refractivity contribution in [2.75, 3.05) is 69.9 Å². The number of aryl methyl sites for hydroxylation is 3. The molecule has 0 spiro atoms. The van der Waals surface area contributed by atoms with Crippen LogP contribution in [-0.2, 0) is 87.9 Å². The summed E-state index contributed by atoms with van der Waals surface area (Å²) in [6, 6.07) is 21.4. The molecule has 3 heterocycles. The van der Waals surface area contributed by atoms with Crippen LogP contribution in [0.2, 0.25) is 0 Å². The Hall–Kier alpha value is -5.86. The van der Waals surface area contributed by atoms with E-state index in [1.807, 2.05) is 54.7 Å². The topological polar surface area (TPSA) is 271 Å². The van der Waals surface area contributed by atoms with Gasteiger partial charge in [-0.2, -0.15) is 13.2 Å². The van der Waals surface area contributed by atoms with Crippen LogP contribution in [0.1, 0.15) is 81.4 Å². The van der Waals surface area contributed by atoms with E-state index in [2.05, 4.69) is 32.6 Å². The number of ether oxygens (including phenoxy) is 5. The number of esters is 1. The van der Waals surface area contributed by atoms with Crippen molar-refractivity contribution in [2.24, 2.45) is 7.05 Å². The second-order valence-electron chi connectivity index (χ2n) is 19.1. The number of alkyl halides is 6. The normalized spacial score (nSPS) is 14.4. The average Bonchev–Trinajstić information content (AvgIpc) is 2.59. The molecule has 0 bridgehead atoms. The lowest BCUT2D eigenvalue weighted by atomic mass is 10.0. The zero-order valence-electron chi connectivity index (χ0n) is 49.2. The minimum atomic E-state index is -4.84. The van der Waals surface area contributed by atoms with Gasteiger partial charge in [-0.15, -0.1) is 11.6 Å². The first-order valence-corrected chi connectivity index (χ1v) is 31.5. The zero-order valence-corrected chi connectivity index (χ0v) is 53.2. The number of para-hydroxylation sites is 1. The molecule has 5 aromatic rings. The molecule has 2 aromatic heterocycles. The number of aromatic nitrogens is 2. The Kier molecular flexibility index (Phi) is 31.6. The van der Waals surface area contributed by atoms with Gasteiger partial charge in [-0.05, 0) is 110 Å². The summed E-state index contributed by atoms with van der Waals surface area (Å²) >= 11 is 16.9. The van der Waals surface area contributed by atoms with Gasteiger partial charge < -0.3 is 52.5 Å². The number of hydrogen-bond donors (Lipinski definition) is 3. The number of halogens is 6. The first kappa shape index (κ1) is 75.2. The molecule has 6 rings (SSSR count). The van der Waals surface area contributed by atoms with E-state index in [0.717, 1.165) is 48.7 Å². The van der Waals surface area contributed by atoms with Gasteiger partial charge >= 0.3 is 23.8 Å². The van der Waals surface area contributed by atoms with Gasteiger partial charge in [0.1, 0.15) is 61.6 Å². The fraction of sp³-hybridized carbons (Fsp3) is 0.464. The van der Waals surface area contributed by atoms with Gasteiger partial charge in [-0.25, -0.2) is 14.2 Å². The van der Waals surface area contributed by atoms with Crippen molar-refractivity contribution in [1.29, 1.82) is 0 Å². The molecule has 21 nitrogen and oxygen atoms in total. The van der Waals surface area contributed by atoms with Crippen molar-refractivity contribution in [3.8, 4) is 17.2 Å². The Morgan fingerprint density at radius 3 is 2.01 bits per heavy atom. The summed E-state index contributed by atoms with van der Waals surface area (Å²) in [5.41, 5.74) is 0.699. The number of rotatable bonds is 20. The average molecular weight is 1300 g/mol. The monoisotopic (exact) mass is 1300 g/mol. The highest BCUT2D eigenvalue weighted by Gasteiger charge is 2.45. The zero-order chi connectivity index (χ0) is 64.6. The minimum Gasteiger partial charge on any atom is -0.778 e. The minimum absolute atomic E-state index is 0.0371. The van der Waals surface area contributed by atoms with E-state index in [9.17, 15) is 51.4 Å². The molecule has 29 heteroatoms. The molecule has 1 aliphatic rings. The highest BCUT2D eigenvalue weighted by molar-refractivity contribution is 7.94. The van der Waals surface area contributed by atoms with Gasteiger partial charge in [0, 0.05) is 25.8 Å². The number of furan rings is 1. The van der Waals surface area contributed by atoms with Crippen molar-refractivity contribution < 1.29 is 79.9 Å². The first-order valence-electron chi connectivity index (χ1n) is 25.9. The molecular weight excluding hydrogens is 1230 g/mol. The van der Waals surface area contributed by atoms with Gasteiger partial charge in [0.05, 0.1) is 62.9 Å². The number of anilines is 1. The summed E-state index contributed by atoms with van der Waals surface area (Å²) in [4.78, 5) is 90.1. The second-order valence-corrected chi connectivity index (χ2v) is 24.5. The SMILES string of the molecule is CC1(C)OC(c2ccco2)CN1C(=O)C(Cl)Cl.CCc1ccc(COc2ccc(-n3c(=O)cc(C(F)(F)F)n(C)c3=O)cc2)c(OC(C)C(=O)OC)c1.CCc1cccc(CC)c1N(COC)C(=O)CCl.C[S+](C)C.O=C(O)CNCP(=O)([O-])O. The van der Waals surface area contributed by atoms with Gasteiger partial charge in [0.2, 0.25) is 5.91 Å². The van der Waals surface area contributed by atoms with Gasteiger partial charge in [-0.1, -0.05) is 74.3 Å². The van der Waals surface area contributed by atoms with Crippen molar-refractivity contribution >= 4 is 82.7 Å². The predicted octanol–water partition coefficient (Wildman–Crippen LogP) is 8.00. The number of nitrogens with zero attached hydrogens (tertiary/aromatic N) is 4. The van der Waals surface area contributed by atoms with Crippen LogP contribution in [0.5, 0.6) is 11.5 Å². The summed E-state index contributed by atoms with van der Waals surface area (Å²) in [5, 5.41) is 9.97. The smallest absolute Gasteiger partial charge is 0.431 e.